The highest BCUT2D eigenvalue weighted by atomic mass is 16.3. The second-order valence-electron chi connectivity index (χ2n) is 9.26. The van der Waals surface area contributed by atoms with Crippen LogP contribution in [0.5, 0.6) is 0 Å². The van der Waals surface area contributed by atoms with Crippen molar-refractivity contribution >= 4 is 54.3 Å². The molecule has 0 unspecified atom stereocenters. The fourth-order valence-electron chi connectivity index (χ4n) is 5.05. The first-order valence-electron chi connectivity index (χ1n) is 25.7. The van der Waals surface area contributed by atoms with Gasteiger partial charge in [0.1, 0.15) is 11.2 Å². The summed E-state index contributed by atoms with van der Waals surface area (Å²) in [4.78, 5) is 0. The van der Waals surface area contributed by atoms with Gasteiger partial charge in [0, 0.05) is 10.8 Å². The number of hydrogen-bond acceptors (Lipinski definition) is 1. The van der Waals surface area contributed by atoms with Crippen LogP contribution in [0.3, 0.4) is 0 Å². The van der Waals surface area contributed by atoms with E-state index < -0.39 is 245 Å². The highest BCUT2D eigenvalue weighted by molar-refractivity contribution is 6.22. The predicted molar refractivity (Wildman–Crippen MR) is 183 cm³/mol. The Morgan fingerprint density at radius 2 is 0.791 bits per heavy atom. The SMILES string of the molecule is [2H]c1c([2H])c([2H])c(-c2c([2H])c([2H])c(-c3c4c([2H])c([2H])c([2H])c([2H])c4c(-c4c([2H])c([2H])c5oc6c([2H])c7c([2H])c([2H])c([2H])c([2H])c7c([2H])c6c5c4[2H])c4c([2H])c([2H])c([2H])c([2H])c34)c([2H])c2[2H])c([2H])c1[2H]. The minimum absolute atomic E-state index is 0.433. The molecule has 43 heavy (non-hydrogen) atoms. The second kappa shape index (κ2) is 9.44. The standard InChI is InChI=1S/C42H26O/c1-2-10-27(11-3-1)28-18-20-29(21-19-28)41-33-14-6-8-16-35(33)42(36-17-9-7-15-34(36)41)32-22-23-39-37(25-32)38-24-30-12-4-5-13-31(30)26-40(38)43-39/h1-26H/i1D,2D,3D,4D,5D,6D,7D,8D,9D,10D,11D,12D,13D,14D,15D,16D,17D,18D,19D,20D,21D,22D,23D,24D,25D,26D. The molecule has 0 saturated carbocycles. The Bertz CT molecular complexity index is 3830. The Kier molecular flexibility index (Phi) is 2.13. The van der Waals surface area contributed by atoms with Gasteiger partial charge in [-0.2, -0.15) is 0 Å². The van der Waals surface area contributed by atoms with Gasteiger partial charge in [0.25, 0.3) is 0 Å². The largest absolute Gasteiger partial charge is 0.456 e. The molecule has 1 heterocycles. The minimum atomic E-state index is -1.05. The van der Waals surface area contributed by atoms with Crippen LogP contribution < -0.4 is 0 Å². The molecular formula is C42H26O. The van der Waals surface area contributed by atoms with E-state index >= 15 is 0 Å². The lowest BCUT2D eigenvalue weighted by atomic mass is 9.85. The van der Waals surface area contributed by atoms with Gasteiger partial charge in [0.05, 0.1) is 35.6 Å². The fourth-order valence-corrected chi connectivity index (χ4v) is 5.05. The average Bonchev–Trinajstić information content (AvgIpc) is 3.74. The molecular weight excluding hydrogens is 520 g/mol. The zero-order valence-corrected chi connectivity index (χ0v) is 21.4. The van der Waals surface area contributed by atoms with Gasteiger partial charge in [-0.05, 0) is 89.9 Å². The number of fused-ring (bicyclic) bond motifs is 6. The number of rotatable bonds is 3. The molecule has 0 aliphatic carbocycles. The normalized spacial score (nSPS) is 20.2. The molecule has 9 rings (SSSR count). The van der Waals surface area contributed by atoms with E-state index in [1.54, 1.807) is 0 Å². The lowest BCUT2D eigenvalue weighted by Crippen LogP contribution is -1.91. The van der Waals surface area contributed by atoms with Gasteiger partial charge >= 0.3 is 0 Å². The van der Waals surface area contributed by atoms with Gasteiger partial charge in [-0.15, -0.1) is 0 Å². The van der Waals surface area contributed by atoms with Crippen molar-refractivity contribution in [3.63, 3.8) is 0 Å². The van der Waals surface area contributed by atoms with Crippen LogP contribution in [0, 0.1) is 0 Å². The summed E-state index contributed by atoms with van der Waals surface area (Å²) in [6.45, 7) is 0. The third-order valence-electron chi connectivity index (χ3n) is 6.89. The monoisotopic (exact) mass is 572 g/mol. The first-order chi connectivity index (χ1) is 32.2. The number of benzene rings is 8. The smallest absolute Gasteiger partial charge is 0.136 e. The van der Waals surface area contributed by atoms with Crippen molar-refractivity contribution in [1.29, 1.82) is 0 Å². The van der Waals surface area contributed by atoms with Crippen LogP contribution in [0.2, 0.25) is 0 Å². The van der Waals surface area contributed by atoms with Gasteiger partial charge in [-0.25, -0.2) is 0 Å². The van der Waals surface area contributed by atoms with E-state index in [1.807, 2.05) is 0 Å². The van der Waals surface area contributed by atoms with Crippen LogP contribution in [0.25, 0.3) is 87.6 Å². The Morgan fingerprint density at radius 1 is 0.326 bits per heavy atom. The maximum absolute atomic E-state index is 9.76. The van der Waals surface area contributed by atoms with Gasteiger partial charge in [-0.1, -0.05) is 133 Å². The van der Waals surface area contributed by atoms with E-state index in [-0.39, 0.29) is 0 Å². The Labute approximate surface area is 285 Å². The van der Waals surface area contributed by atoms with E-state index in [0.717, 1.165) is 0 Å². The number of furan rings is 1. The molecule has 0 aliphatic rings. The van der Waals surface area contributed by atoms with Gasteiger partial charge in [0.15, 0.2) is 0 Å². The topological polar surface area (TPSA) is 13.1 Å². The van der Waals surface area contributed by atoms with Crippen LogP contribution in [0.4, 0.5) is 0 Å². The van der Waals surface area contributed by atoms with E-state index in [9.17, 15) is 13.7 Å². The Balaban J connectivity index is 1.56. The van der Waals surface area contributed by atoms with Crippen LogP contribution in [0.15, 0.2) is 162 Å². The van der Waals surface area contributed by atoms with Crippen molar-refractivity contribution in [3.8, 4) is 33.4 Å². The van der Waals surface area contributed by atoms with Crippen LogP contribution in [-0.2, 0) is 0 Å². The molecule has 0 fully saturated rings. The van der Waals surface area contributed by atoms with Gasteiger partial charge < -0.3 is 4.42 Å². The molecule has 8 aromatic carbocycles. The Hall–Kier alpha value is -5.66. The quantitative estimate of drug-likeness (QED) is 0.192. The van der Waals surface area contributed by atoms with Crippen molar-refractivity contribution in [1.82, 2.24) is 0 Å². The minimum Gasteiger partial charge on any atom is -0.456 e. The van der Waals surface area contributed by atoms with Crippen molar-refractivity contribution in [2.24, 2.45) is 0 Å². The van der Waals surface area contributed by atoms with E-state index in [0.29, 0.717) is 0 Å². The molecule has 0 aliphatic heterocycles. The van der Waals surface area contributed by atoms with Crippen molar-refractivity contribution < 1.29 is 40.1 Å². The molecule has 0 N–H and O–H groups in total. The molecule has 0 atom stereocenters. The zero-order valence-electron chi connectivity index (χ0n) is 47.4. The zero-order chi connectivity index (χ0) is 51.0. The molecule has 9 aromatic rings. The van der Waals surface area contributed by atoms with Crippen LogP contribution in [0.1, 0.15) is 35.6 Å². The van der Waals surface area contributed by atoms with Crippen molar-refractivity contribution in [2.45, 2.75) is 0 Å². The summed E-state index contributed by atoms with van der Waals surface area (Å²) >= 11 is 0. The summed E-state index contributed by atoms with van der Waals surface area (Å²) in [5.41, 5.74) is -5.60. The first-order valence-corrected chi connectivity index (χ1v) is 12.7. The molecule has 0 bridgehead atoms. The van der Waals surface area contributed by atoms with Crippen LogP contribution >= 0.6 is 0 Å². The summed E-state index contributed by atoms with van der Waals surface area (Å²) in [6, 6.07) is -23.2. The molecule has 0 radical (unpaired) electrons. The van der Waals surface area contributed by atoms with Gasteiger partial charge in [0.2, 0.25) is 0 Å². The molecule has 1 nitrogen and oxygen atoms in total. The lowest BCUT2D eigenvalue weighted by Gasteiger charge is -2.18. The number of hydrogen-bond donors (Lipinski definition) is 0. The van der Waals surface area contributed by atoms with E-state index in [1.165, 1.54) is 0 Å². The molecule has 0 amide bonds. The van der Waals surface area contributed by atoms with Crippen molar-refractivity contribution in [2.75, 3.05) is 0 Å². The lowest BCUT2D eigenvalue weighted by molar-refractivity contribution is 0.669. The van der Waals surface area contributed by atoms with Gasteiger partial charge in [-0.3, -0.25) is 0 Å². The Morgan fingerprint density at radius 3 is 1.44 bits per heavy atom. The fraction of sp³-hybridized carbons (Fsp3) is 0. The maximum Gasteiger partial charge on any atom is 0.136 e. The predicted octanol–water partition coefficient (Wildman–Crippen LogP) is 12.0. The summed E-state index contributed by atoms with van der Waals surface area (Å²) in [7, 11) is 0. The summed E-state index contributed by atoms with van der Waals surface area (Å²) < 4.78 is 237. The summed E-state index contributed by atoms with van der Waals surface area (Å²) in [5, 5.41) is -4.69. The third-order valence-corrected chi connectivity index (χ3v) is 6.89. The molecule has 1 aromatic heterocycles. The summed E-state index contributed by atoms with van der Waals surface area (Å²) in [6.07, 6.45) is 0. The van der Waals surface area contributed by atoms with Crippen molar-refractivity contribution in [3.05, 3.63) is 157 Å². The first kappa shape index (κ1) is 9.69. The highest BCUT2D eigenvalue weighted by Crippen LogP contribution is 2.45. The van der Waals surface area contributed by atoms with E-state index in [2.05, 4.69) is 0 Å². The molecule has 0 spiro atoms. The second-order valence-corrected chi connectivity index (χ2v) is 9.26. The molecule has 200 valence electrons. The molecule has 0 saturated heterocycles. The third kappa shape index (κ3) is 3.79. The van der Waals surface area contributed by atoms with Crippen LogP contribution in [-0.4, -0.2) is 0 Å². The highest BCUT2D eigenvalue weighted by Gasteiger charge is 2.18. The summed E-state index contributed by atoms with van der Waals surface area (Å²) in [5.74, 6) is 0. The molecule has 1 heteroatoms. The van der Waals surface area contributed by atoms with E-state index in [4.69, 9.17) is 26.3 Å². The maximum atomic E-state index is 9.76. The average molecular weight is 573 g/mol.